The monoisotopic (exact) mass is 346 g/mol. The second-order valence-electron chi connectivity index (χ2n) is 6.43. The molecule has 2 rings (SSSR count). The van der Waals surface area contributed by atoms with Crippen LogP contribution in [0.5, 0.6) is 0 Å². The van der Waals surface area contributed by atoms with Crippen LogP contribution in [0.4, 0.5) is 0 Å². The number of hydrogen-bond acceptors (Lipinski definition) is 5. The van der Waals surface area contributed by atoms with Crippen molar-refractivity contribution in [1.82, 2.24) is 0 Å². The van der Waals surface area contributed by atoms with E-state index in [4.69, 9.17) is 4.74 Å². The van der Waals surface area contributed by atoms with Gasteiger partial charge in [-0.25, -0.2) is 0 Å². The number of allylic oxidation sites excluding steroid dienone is 1. The second kappa shape index (κ2) is 9.37. The van der Waals surface area contributed by atoms with Gasteiger partial charge in [0.2, 0.25) is 0 Å². The van der Waals surface area contributed by atoms with Crippen LogP contribution in [0.3, 0.4) is 0 Å². The number of Topliss-reactive ketones (excluding diaryl/α,β-unsaturated/α-hetero) is 1. The highest BCUT2D eigenvalue weighted by atomic mass is 16.5. The van der Waals surface area contributed by atoms with Gasteiger partial charge >= 0.3 is 5.97 Å². The highest BCUT2D eigenvalue weighted by Crippen LogP contribution is 2.31. The molecule has 136 valence electrons. The molecule has 3 atom stereocenters. The molecule has 0 bridgehead atoms. The van der Waals surface area contributed by atoms with E-state index in [9.17, 15) is 19.8 Å². The van der Waals surface area contributed by atoms with Gasteiger partial charge in [0.25, 0.3) is 0 Å². The van der Waals surface area contributed by atoms with Crippen LogP contribution in [0.25, 0.3) is 0 Å². The number of aliphatic hydroxyl groups excluding tert-OH is 2. The zero-order valence-electron chi connectivity index (χ0n) is 14.6. The minimum atomic E-state index is -1.08. The first-order chi connectivity index (χ1) is 12.0. The zero-order valence-corrected chi connectivity index (χ0v) is 14.6. The lowest BCUT2D eigenvalue weighted by Crippen LogP contribution is -2.32. The van der Waals surface area contributed by atoms with Crippen molar-refractivity contribution in [3.8, 4) is 0 Å². The third kappa shape index (κ3) is 5.43. The topological polar surface area (TPSA) is 83.8 Å². The zero-order chi connectivity index (χ0) is 18.2. The Bertz CT molecular complexity index is 608. The van der Waals surface area contributed by atoms with E-state index in [0.29, 0.717) is 12.8 Å². The van der Waals surface area contributed by atoms with E-state index in [0.717, 1.165) is 12.8 Å². The van der Waals surface area contributed by atoms with Crippen molar-refractivity contribution in [2.24, 2.45) is 5.92 Å². The van der Waals surface area contributed by atoms with E-state index < -0.39 is 24.1 Å². The smallest absolute Gasteiger partial charge is 0.306 e. The molecule has 1 fully saturated rings. The van der Waals surface area contributed by atoms with Gasteiger partial charge in [-0.2, -0.15) is 0 Å². The average Bonchev–Trinajstić information content (AvgIpc) is 2.86. The fraction of sp³-hybridized carbons (Fsp3) is 0.500. The first kappa shape index (κ1) is 19.2. The first-order valence-electron chi connectivity index (χ1n) is 8.86. The third-order valence-corrected chi connectivity index (χ3v) is 4.39. The van der Waals surface area contributed by atoms with E-state index in [1.807, 2.05) is 37.3 Å². The van der Waals surface area contributed by atoms with Gasteiger partial charge in [-0.1, -0.05) is 37.3 Å². The summed E-state index contributed by atoms with van der Waals surface area (Å²) in [6.45, 7) is 1.84. The molecule has 0 amide bonds. The summed E-state index contributed by atoms with van der Waals surface area (Å²) in [5.74, 6) is -1.74. The van der Waals surface area contributed by atoms with E-state index in [1.165, 1.54) is 5.56 Å². The van der Waals surface area contributed by atoms with Gasteiger partial charge in [-0.3, -0.25) is 9.59 Å². The molecule has 1 aliphatic carbocycles. The Labute approximate surface area is 148 Å². The Hall–Kier alpha value is -2.14. The number of benzene rings is 1. The number of unbranched alkanes of at least 4 members (excludes halogenated alkanes) is 1. The van der Waals surface area contributed by atoms with Gasteiger partial charge in [-0.05, 0) is 37.3 Å². The number of ether oxygens (including phenoxy) is 1. The largest absolute Gasteiger partial charge is 0.512 e. The molecule has 0 saturated heterocycles. The van der Waals surface area contributed by atoms with Crippen LogP contribution in [0.2, 0.25) is 0 Å². The highest BCUT2D eigenvalue weighted by molar-refractivity contribution is 5.89. The molecule has 0 spiro atoms. The van der Waals surface area contributed by atoms with Crippen LogP contribution < -0.4 is 0 Å². The number of esters is 1. The quantitative estimate of drug-likeness (QED) is 0.429. The summed E-state index contributed by atoms with van der Waals surface area (Å²) in [5, 5.41) is 20.4. The molecular weight excluding hydrogens is 320 g/mol. The molecule has 5 heteroatoms. The highest BCUT2D eigenvalue weighted by Gasteiger charge is 2.46. The number of carbonyl (C=O) groups excluding carboxylic acids is 2. The summed E-state index contributed by atoms with van der Waals surface area (Å²) >= 11 is 0. The SMILES string of the molecule is CCCC(=O)OC1C(=O)CC(O)C1/C(O)=C\CCCc1ccccc1. The van der Waals surface area contributed by atoms with Crippen molar-refractivity contribution in [2.45, 2.75) is 57.7 Å². The minimum absolute atomic E-state index is 0.0688. The summed E-state index contributed by atoms with van der Waals surface area (Å²) in [6, 6.07) is 10.0. The van der Waals surface area contributed by atoms with Gasteiger partial charge in [0.15, 0.2) is 11.9 Å². The Balaban J connectivity index is 1.93. The Morgan fingerprint density at radius 1 is 1.32 bits per heavy atom. The van der Waals surface area contributed by atoms with Gasteiger partial charge < -0.3 is 14.9 Å². The normalized spacial score (nSPS) is 23.7. The van der Waals surface area contributed by atoms with E-state index in [1.54, 1.807) is 6.08 Å². The second-order valence-corrected chi connectivity index (χ2v) is 6.43. The Morgan fingerprint density at radius 2 is 2.04 bits per heavy atom. The molecule has 25 heavy (non-hydrogen) atoms. The first-order valence-corrected chi connectivity index (χ1v) is 8.86. The molecule has 1 aliphatic rings. The molecule has 1 aromatic carbocycles. The van der Waals surface area contributed by atoms with E-state index in [2.05, 4.69) is 0 Å². The predicted molar refractivity (Wildman–Crippen MR) is 94.0 cm³/mol. The van der Waals surface area contributed by atoms with Crippen molar-refractivity contribution < 1.29 is 24.5 Å². The number of ketones is 1. The fourth-order valence-electron chi connectivity index (χ4n) is 3.08. The minimum Gasteiger partial charge on any atom is -0.512 e. The van der Waals surface area contributed by atoms with Crippen LogP contribution in [0.1, 0.15) is 44.6 Å². The molecule has 3 unspecified atom stereocenters. The standard InChI is InChI=1S/C20H26O5/c1-2-8-18(24)25-20-17(23)13-16(22)19(20)15(21)12-7-6-11-14-9-4-3-5-10-14/h3-5,9-10,12,16,19-22H,2,6-8,11,13H2,1H3/b15-12+. The average molecular weight is 346 g/mol. The summed E-state index contributed by atoms with van der Waals surface area (Å²) in [5.41, 5.74) is 1.22. The molecular formula is C20H26O5. The van der Waals surface area contributed by atoms with Gasteiger partial charge in [0, 0.05) is 12.8 Å². The van der Waals surface area contributed by atoms with Gasteiger partial charge in [0.05, 0.1) is 17.8 Å². The maximum Gasteiger partial charge on any atom is 0.306 e. The number of hydrogen-bond donors (Lipinski definition) is 2. The van der Waals surface area contributed by atoms with Crippen molar-refractivity contribution in [2.75, 3.05) is 0 Å². The number of aryl methyl sites for hydroxylation is 1. The van der Waals surface area contributed by atoms with Crippen molar-refractivity contribution >= 4 is 11.8 Å². The predicted octanol–water partition coefficient (Wildman–Crippen LogP) is 3.11. The lowest BCUT2D eigenvalue weighted by molar-refractivity contribution is -0.156. The Kier molecular flexibility index (Phi) is 7.19. The summed E-state index contributed by atoms with van der Waals surface area (Å²) < 4.78 is 5.19. The number of aliphatic hydroxyl groups is 2. The van der Waals surface area contributed by atoms with E-state index >= 15 is 0 Å². The molecule has 1 aromatic rings. The van der Waals surface area contributed by atoms with Gasteiger partial charge in [-0.15, -0.1) is 0 Å². The van der Waals surface area contributed by atoms with Crippen molar-refractivity contribution in [3.05, 3.63) is 47.7 Å². The molecule has 0 aliphatic heterocycles. The summed E-state index contributed by atoms with van der Waals surface area (Å²) in [6.07, 6.45) is 2.59. The van der Waals surface area contributed by atoms with Crippen LogP contribution in [-0.4, -0.2) is 34.2 Å². The number of carbonyl (C=O) groups is 2. The summed E-state index contributed by atoms with van der Waals surface area (Å²) in [7, 11) is 0. The lowest BCUT2D eigenvalue weighted by atomic mass is 9.99. The molecule has 2 N–H and O–H groups in total. The maximum absolute atomic E-state index is 12.0. The van der Waals surface area contributed by atoms with E-state index in [-0.39, 0.29) is 24.4 Å². The molecule has 0 radical (unpaired) electrons. The molecule has 0 aromatic heterocycles. The lowest BCUT2D eigenvalue weighted by Gasteiger charge is -2.20. The van der Waals surface area contributed by atoms with Crippen molar-refractivity contribution in [3.63, 3.8) is 0 Å². The maximum atomic E-state index is 12.0. The van der Waals surface area contributed by atoms with Crippen LogP contribution in [0, 0.1) is 5.92 Å². The number of rotatable bonds is 8. The van der Waals surface area contributed by atoms with Crippen molar-refractivity contribution in [1.29, 1.82) is 0 Å². The van der Waals surface area contributed by atoms with Crippen LogP contribution in [0.15, 0.2) is 42.2 Å². The van der Waals surface area contributed by atoms with Crippen LogP contribution >= 0.6 is 0 Å². The fourth-order valence-corrected chi connectivity index (χ4v) is 3.08. The third-order valence-electron chi connectivity index (χ3n) is 4.39. The van der Waals surface area contributed by atoms with Crippen LogP contribution in [-0.2, 0) is 20.7 Å². The summed E-state index contributed by atoms with van der Waals surface area (Å²) in [4.78, 5) is 23.7. The molecule has 5 nitrogen and oxygen atoms in total. The molecule has 1 saturated carbocycles. The molecule has 0 heterocycles. The van der Waals surface area contributed by atoms with Gasteiger partial charge in [0.1, 0.15) is 0 Å². The Morgan fingerprint density at radius 3 is 2.72 bits per heavy atom.